The minimum absolute atomic E-state index is 0.00176. The molecule has 0 unspecified atom stereocenters. The number of carbonyl (C=O) groups is 1. The average Bonchev–Trinajstić information content (AvgIpc) is 2.70. The molecular weight excluding hydrogens is 256 g/mol. The van der Waals surface area contributed by atoms with Crippen LogP contribution in [0.4, 0.5) is 0 Å². The SMILES string of the molecule is O=C(Cc1cccc(Br)c1)c1ccco1. The second-order valence-electron chi connectivity index (χ2n) is 3.21. The molecule has 0 saturated heterocycles. The highest BCUT2D eigenvalue weighted by atomic mass is 79.9. The van der Waals surface area contributed by atoms with Gasteiger partial charge in [-0.2, -0.15) is 0 Å². The molecule has 0 radical (unpaired) electrons. The quantitative estimate of drug-likeness (QED) is 0.795. The van der Waals surface area contributed by atoms with E-state index >= 15 is 0 Å². The smallest absolute Gasteiger partial charge is 0.202 e. The van der Waals surface area contributed by atoms with Crippen LogP contribution >= 0.6 is 15.9 Å². The summed E-state index contributed by atoms with van der Waals surface area (Å²) in [4.78, 5) is 11.7. The maximum atomic E-state index is 11.7. The summed E-state index contributed by atoms with van der Waals surface area (Å²) in [6.07, 6.45) is 1.88. The number of hydrogen-bond donors (Lipinski definition) is 0. The Morgan fingerprint density at radius 2 is 2.13 bits per heavy atom. The van der Waals surface area contributed by atoms with Crippen molar-refractivity contribution in [3.05, 3.63) is 58.5 Å². The van der Waals surface area contributed by atoms with Gasteiger partial charge in [-0.15, -0.1) is 0 Å². The van der Waals surface area contributed by atoms with Gasteiger partial charge < -0.3 is 4.42 Å². The molecule has 0 amide bonds. The molecule has 0 spiro atoms. The molecule has 15 heavy (non-hydrogen) atoms. The van der Waals surface area contributed by atoms with Gasteiger partial charge in [-0.1, -0.05) is 28.1 Å². The van der Waals surface area contributed by atoms with Crippen LogP contribution in [0.5, 0.6) is 0 Å². The van der Waals surface area contributed by atoms with Gasteiger partial charge in [0.15, 0.2) is 5.76 Å². The van der Waals surface area contributed by atoms with Gasteiger partial charge in [-0.3, -0.25) is 4.79 Å². The molecule has 2 nitrogen and oxygen atoms in total. The van der Waals surface area contributed by atoms with Crippen LogP contribution in [0, 0.1) is 0 Å². The van der Waals surface area contributed by atoms with E-state index in [9.17, 15) is 4.79 Å². The van der Waals surface area contributed by atoms with E-state index in [1.54, 1.807) is 12.1 Å². The number of benzene rings is 1. The highest BCUT2D eigenvalue weighted by Gasteiger charge is 2.09. The Morgan fingerprint density at radius 3 is 2.80 bits per heavy atom. The maximum Gasteiger partial charge on any atom is 0.202 e. The summed E-state index contributed by atoms with van der Waals surface area (Å²) in [5.74, 6) is 0.410. The van der Waals surface area contributed by atoms with Crippen LogP contribution in [0.25, 0.3) is 0 Å². The van der Waals surface area contributed by atoms with Crippen LogP contribution in [-0.2, 0) is 6.42 Å². The summed E-state index contributed by atoms with van der Waals surface area (Å²) in [6, 6.07) is 11.1. The first kappa shape index (κ1) is 10.2. The van der Waals surface area contributed by atoms with Gasteiger partial charge in [0.25, 0.3) is 0 Å². The number of hydrogen-bond acceptors (Lipinski definition) is 2. The molecule has 0 aliphatic heterocycles. The van der Waals surface area contributed by atoms with Crippen LogP contribution < -0.4 is 0 Å². The minimum Gasteiger partial charge on any atom is -0.461 e. The Bertz CT molecular complexity index is 460. The van der Waals surface area contributed by atoms with Crippen molar-refractivity contribution in [1.82, 2.24) is 0 Å². The van der Waals surface area contributed by atoms with Gasteiger partial charge in [0, 0.05) is 10.9 Å². The van der Waals surface area contributed by atoms with Crippen molar-refractivity contribution in [2.45, 2.75) is 6.42 Å². The topological polar surface area (TPSA) is 30.2 Å². The third kappa shape index (κ3) is 2.57. The lowest BCUT2D eigenvalue weighted by Gasteiger charge is -1.99. The number of ketones is 1. The van der Waals surface area contributed by atoms with E-state index in [0.29, 0.717) is 12.2 Å². The van der Waals surface area contributed by atoms with Crippen molar-refractivity contribution < 1.29 is 9.21 Å². The third-order valence-electron chi connectivity index (χ3n) is 2.05. The van der Waals surface area contributed by atoms with Crippen molar-refractivity contribution >= 4 is 21.7 Å². The second kappa shape index (κ2) is 4.45. The monoisotopic (exact) mass is 264 g/mol. The lowest BCUT2D eigenvalue weighted by molar-refractivity contribution is 0.0966. The Balaban J connectivity index is 2.13. The van der Waals surface area contributed by atoms with Gasteiger partial charge >= 0.3 is 0 Å². The summed E-state index contributed by atoms with van der Waals surface area (Å²) < 4.78 is 6.02. The zero-order valence-electron chi connectivity index (χ0n) is 7.94. The number of furan rings is 1. The molecule has 0 N–H and O–H groups in total. The molecule has 0 bridgehead atoms. The lowest BCUT2D eigenvalue weighted by atomic mass is 10.1. The Kier molecular flexibility index (Phi) is 3.02. The first-order chi connectivity index (χ1) is 7.25. The standard InChI is InChI=1S/C12H9BrO2/c13-10-4-1-3-9(7-10)8-11(14)12-5-2-6-15-12/h1-7H,8H2. The van der Waals surface area contributed by atoms with Crippen LogP contribution in [-0.4, -0.2) is 5.78 Å². The van der Waals surface area contributed by atoms with E-state index < -0.39 is 0 Å². The third-order valence-corrected chi connectivity index (χ3v) is 2.54. The number of rotatable bonds is 3. The van der Waals surface area contributed by atoms with E-state index in [1.165, 1.54) is 6.26 Å². The highest BCUT2D eigenvalue weighted by Crippen LogP contribution is 2.14. The van der Waals surface area contributed by atoms with E-state index in [2.05, 4.69) is 15.9 Å². The normalized spacial score (nSPS) is 10.2. The molecule has 2 rings (SSSR count). The number of halogens is 1. The lowest BCUT2D eigenvalue weighted by Crippen LogP contribution is -2.01. The first-order valence-electron chi connectivity index (χ1n) is 4.57. The molecular formula is C12H9BrO2. The van der Waals surface area contributed by atoms with Crippen LogP contribution in [0.1, 0.15) is 16.1 Å². The van der Waals surface area contributed by atoms with Crippen molar-refractivity contribution in [1.29, 1.82) is 0 Å². The fraction of sp³-hybridized carbons (Fsp3) is 0.0833. The summed E-state index contributed by atoms with van der Waals surface area (Å²) in [5, 5.41) is 0. The van der Waals surface area contributed by atoms with Crippen LogP contribution in [0.2, 0.25) is 0 Å². The molecule has 3 heteroatoms. The van der Waals surface area contributed by atoms with Gasteiger partial charge in [-0.25, -0.2) is 0 Å². The Hall–Kier alpha value is -1.35. The molecule has 0 atom stereocenters. The van der Waals surface area contributed by atoms with E-state index in [4.69, 9.17) is 4.42 Å². The average molecular weight is 265 g/mol. The van der Waals surface area contributed by atoms with E-state index in [-0.39, 0.29) is 5.78 Å². The summed E-state index contributed by atoms with van der Waals surface area (Å²) in [7, 11) is 0. The summed E-state index contributed by atoms with van der Waals surface area (Å²) in [6.45, 7) is 0. The Morgan fingerprint density at radius 1 is 1.27 bits per heavy atom. The molecule has 0 saturated carbocycles. The van der Waals surface area contributed by atoms with E-state index in [1.807, 2.05) is 24.3 Å². The van der Waals surface area contributed by atoms with Crippen molar-refractivity contribution in [2.24, 2.45) is 0 Å². The molecule has 0 aliphatic carbocycles. The highest BCUT2D eigenvalue weighted by molar-refractivity contribution is 9.10. The first-order valence-corrected chi connectivity index (χ1v) is 5.36. The summed E-state index contributed by atoms with van der Waals surface area (Å²) >= 11 is 3.37. The van der Waals surface area contributed by atoms with Crippen LogP contribution in [0.3, 0.4) is 0 Å². The van der Waals surface area contributed by atoms with Crippen molar-refractivity contribution in [2.75, 3.05) is 0 Å². The molecule has 0 aliphatic rings. The van der Waals surface area contributed by atoms with Gasteiger partial charge in [-0.05, 0) is 29.8 Å². The zero-order chi connectivity index (χ0) is 10.7. The fourth-order valence-corrected chi connectivity index (χ4v) is 1.80. The van der Waals surface area contributed by atoms with Gasteiger partial charge in [0.1, 0.15) is 0 Å². The van der Waals surface area contributed by atoms with Gasteiger partial charge in [0.05, 0.1) is 6.26 Å². The predicted octanol–water partition coefficient (Wildman–Crippen LogP) is 3.47. The van der Waals surface area contributed by atoms with Gasteiger partial charge in [0.2, 0.25) is 5.78 Å². The number of carbonyl (C=O) groups excluding carboxylic acids is 1. The predicted molar refractivity (Wildman–Crippen MR) is 60.9 cm³/mol. The fourth-order valence-electron chi connectivity index (χ4n) is 1.36. The number of Topliss-reactive ketones (excluding diaryl/α,β-unsaturated/α-hetero) is 1. The van der Waals surface area contributed by atoms with Crippen LogP contribution in [0.15, 0.2) is 51.6 Å². The Labute approximate surface area is 96.0 Å². The maximum absolute atomic E-state index is 11.7. The molecule has 0 fully saturated rings. The molecule has 1 heterocycles. The second-order valence-corrected chi connectivity index (χ2v) is 4.12. The molecule has 1 aromatic carbocycles. The van der Waals surface area contributed by atoms with Crippen molar-refractivity contribution in [3.63, 3.8) is 0 Å². The molecule has 2 aromatic rings. The largest absolute Gasteiger partial charge is 0.461 e. The zero-order valence-corrected chi connectivity index (χ0v) is 9.53. The minimum atomic E-state index is -0.00176. The van der Waals surface area contributed by atoms with E-state index in [0.717, 1.165) is 10.0 Å². The van der Waals surface area contributed by atoms with Crippen molar-refractivity contribution in [3.8, 4) is 0 Å². The summed E-state index contributed by atoms with van der Waals surface area (Å²) in [5.41, 5.74) is 0.978. The molecule has 76 valence electrons. The molecule has 1 aromatic heterocycles.